The number of unbranched alkanes of at least 4 members (excludes halogenated alkanes) is 2. The van der Waals surface area contributed by atoms with Crippen LogP contribution < -0.4 is 10.1 Å². The van der Waals surface area contributed by atoms with Gasteiger partial charge in [-0.1, -0.05) is 19.8 Å². The van der Waals surface area contributed by atoms with Crippen molar-refractivity contribution < 1.29 is 14.3 Å². The highest BCUT2D eigenvalue weighted by Gasteiger charge is 2.27. The van der Waals surface area contributed by atoms with Gasteiger partial charge in [0.25, 0.3) is 5.91 Å². The summed E-state index contributed by atoms with van der Waals surface area (Å²) in [6, 6.07) is 1.98. The van der Waals surface area contributed by atoms with E-state index in [1.54, 1.807) is 9.58 Å². The minimum absolute atomic E-state index is 0.00621. The number of ether oxygens (including phenoxy) is 1. The molecule has 8 nitrogen and oxygen atoms in total. The van der Waals surface area contributed by atoms with Gasteiger partial charge in [0, 0.05) is 38.3 Å². The Kier molecular flexibility index (Phi) is 7.29. The van der Waals surface area contributed by atoms with Gasteiger partial charge in [0.1, 0.15) is 0 Å². The van der Waals surface area contributed by atoms with Crippen LogP contribution in [0.25, 0.3) is 11.0 Å². The molecule has 0 spiro atoms. The fourth-order valence-electron chi connectivity index (χ4n) is 3.99. The molecule has 1 fully saturated rings. The molecule has 1 saturated heterocycles. The van der Waals surface area contributed by atoms with Gasteiger partial charge in [0.05, 0.1) is 5.39 Å². The van der Waals surface area contributed by atoms with Crippen LogP contribution in [0.4, 0.5) is 0 Å². The molecule has 0 saturated carbocycles. The lowest BCUT2D eigenvalue weighted by molar-refractivity contribution is -0.137. The molecule has 1 N–H and O–H groups in total. The average Bonchev–Trinajstić information content (AvgIpc) is 3.05. The molecule has 8 heteroatoms. The molecule has 3 heterocycles. The van der Waals surface area contributed by atoms with Crippen molar-refractivity contribution in [3.05, 3.63) is 17.3 Å². The first-order valence-electron chi connectivity index (χ1n) is 10.9. The molecule has 2 aromatic heterocycles. The van der Waals surface area contributed by atoms with E-state index in [4.69, 9.17) is 4.74 Å². The summed E-state index contributed by atoms with van der Waals surface area (Å²) in [4.78, 5) is 31.2. The van der Waals surface area contributed by atoms with Crippen molar-refractivity contribution in [3.8, 4) is 5.88 Å². The minimum atomic E-state index is -0.0756. The van der Waals surface area contributed by atoms with Crippen LogP contribution in [-0.4, -0.2) is 57.7 Å². The number of aromatic nitrogens is 3. The summed E-state index contributed by atoms with van der Waals surface area (Å²) < 4.78 is 7.46. The number of piperidine rings is 1. The monoisotopic (exact) mass is 415 g/mol. The van der Waals surface area contributed by atoms with Gasteiger partial charge >= 0.3 is 0 Å². The molecule has 0 radical (unpaired) electrons. The molecule has 1 aliphatic heterocycles. The second-order valence-corrected chi connectivity index (χ2v) is 8.15. The van der Waals surface area contributed by atoms with E-state index in [9.17, 15) is 9.59 Å². The van der Waals surface area contributed by atoms with Crippen LogP contribution >= 0.6 is 0 Å². The molecule has 0 atom stereocenters. The maximum atomic E-state index is 12.6. The van der Waals surface area contributed by atoms with Crippen molar-refractivity contribution in [2.24, 2.45) is 13.0 Å². The van der Waals surface area contributed by atoms with E-state index in [2.05, 4.69) is 22.3 Å². The summed E-state index contributed by atoms with van der Waals surface area (Å²) >= 11 is 0. The van der Waals surface area contributed by atoms with E-state index in [1.165, 1.54) is 0 Å². The third-order valence-electron chi connectivity index (χ3n) is 5.72. The number of pyridine rings is 1. The lowest BCUT2D eigenvalue weighted by Gasteiger charge is -2.31. The molecule has 0 aromatic carbocycles. The lowest BCUT2D eigenvalue weighted by atomic mass is 9.96. The molecule has 2 aromatic rings. The van der Waals surface area contributed by atoms with Gasteiger partial charge in [-0.05, 0) is 44.7 Å². The number of carbonyl (C=O) groups excluding carboxylic acids is 2. The molecular formula is C22H33N5O3. The molecule has 3 rings (SSSR count). The zero-order valence-corrected chi connectivity index (χ0v) is 18.5. The van der Waals surface area contributed by atoms with Crippen LogP contribution in [0.5, 0.6) is 5.88 Å². The molecule has 2 amide bonds. The number of carbonyl (C=O) groups is 2. The SMILES string of the molecule is CCCCCNC(=O)C1CCN(C(=O)COc2nn(C)c3nc(C)cc(C)c23)CC1. The van der Waals surface area contributed by atoms with Crippen molar-refractivity contribution >= 4 is 22.8 Å². The van der Waals surface area contributed by atoms with Crippen LogP contribution in [0.3, 0.4) is 0 Å². The Balaban J connectivity index is 1.50. The molecule has 164 valence electrons. The number of amides is 2. The number of aryl methyl sites for hydroxylation is 3. The summed E-state index contributed by atoms with van der Waals surface area (Å²) in [5, 5.41) is 8.26. The number of nitrogens with one attached hydrogen (secondary N) is 1. The number of nitrogens with zero attached hydrogens (tertiary/aromatic N) is 4. The third kappa shape index (κ3) is 5.09. The summed E-state index contributed by atoms with van der Waals surface area (Å²) in [6.45, 7) is 7.92. The number of fused-ring (bicyclic) bond motifs is 1. The minimum Gasteiger partial charge on any atom is -0.466 e. The zero-order chi connectivity index (χ0) is 21.7. The van der Waals surface area contributed by atoms with Crippen molar-refractivity contribution in [2.45, 2.75) is 52.9 Å². The Morgan fingerprint density at radius 2 is 1.97 bits per heavy atom. The maximum absolute atomic E-state index is 12.6. The molecule has 0 bridgehead atoms. The van der Waals surface area contributed by atoms with Gasteiger partial charge < -0.3 is 15.0 Å². The Morgan fingerprint density at radius 1 is 1.23 bits per heavy atom. The second-order valence-electron chi connectivity index (χ2n) is 8.15. The van der Waals surface area contributed by atoms with E-state index in [0.717, 1.165) is 48.1 Å². The van der Waals surface area contributed by atoms with Gasteiger partial charge in [-0.3, -0.25) is 9.59 Å². The fourth-order valence-corrected chi connectivity index (χ4v) is 3.99. The van der Waals surface area contributed by atoms with E-state index < -0.39 is 0 Å². The molecular weight excluding hydrogens is 382 g/mol. The highest BCUT2D eigenvalue weighted by atomic mass is 16.5. The average molecular weight is 416 g/mol. The largest absolute Gasteiger partial charge is 0.466 e. The molecule has 30 heavy (non-hydrogen) atoms. The Bertz CT molecular complexity index is 900. The topological polar surface area (TPSA) is 89.4 Å². The Labute approximate surface area is 178 Å². The number of hydrogen-bond donors (Lipinski definition) is 1. The standard InChI is InChI=1S/C22H33N5O3/c1-5-6-7-10-23-21(29)17-8-11-27(12-9-17)18(28)14-30-22-19-15(2)13-16(3)24-20(19)26(4)25-22/h13,17H,5-12,14H2,1-4H3,(H,23,29). The van der Waals surface area contributed by atoms with Crippen molar-refractivity contribution in [1.82, 2.24) is 25.0 Å². The predicted molar refractivity (Wildman–Crippen MR) is 115 cm³/mol. The van der Waals surface area contributed by atoms with E-state index in [0.29, 0.717) is 31.8 Å². The van der Waals surface area contributed by atoms with Crippen LogP contribution in [0, 0.1) is 19.8 Å². The first-order chi connectivity index (χ1) is 14.4. The van der Waals surface area contributed by atoms with Crippen LogP contribution in [0.2, 0.25) is 0 Å². The first kappa shape index (κ1) is 22.1. The van der Waals surface area contributed by atoms with Crippen molar-refractivity contribution in [2.75, 3.05) is 26.2 Å². The molecule has 0 aliphatic carbocycles. The van der Waals surface area contributed by atoms with Gasteiger partial charge in [-0.2, -0.15) is 0 Å². The summed E-state index contributed by atoms with van der Waals surface area (Å²) in [5.41, 5.74) is 2.70. The quantitative estimate of drug-likeness (QED) is 0.669. The highest BCUT2D eigenvalue weighted by molar-refractivity contribution is 5.86. The number of likely N-dealkylation sites (tertiary alicyclic amines) is 1. The van der Waals surface area contributed by atoms with E-state index in [-0.39, 0.29) is 24.3 Å². The van der Waals surface area contributed by atoms with Crippen molar-refractivity contribution in [3.63, 3.8) is 0 Å². The van der Waals surface area contributed by atoms with Gasteiger partial charge in [0.15, 0.2) is 12.3 Å². The molecule has 0 unspecified atom stereocenters. The predicted octanol–water partition coefficient (Wildman–Crippen LogP) is 2.51. The fraction of sp³-hybridized carbons (Fsp3) is 0.636. The zero-order valence-electron chi connectivity index (χ0n) is 18.5. The summed E-state index contributed by atoms with van der Waals surface area (Å²) in [6.07, 6.45) is 4.68. The maximum Gasteiger partial charge on any atom is 0.260 e. The number of rotatable bonds is 8. The van der Waals surface area contributed by atoms with E-state index >= 15 is 0 Å². The third-order valence-corrected chi connectivity index (χ3v) is 5.72. The van der Waals surface area contributed by atoms with Gasteiger partial charge in [-0.25, -0.2) is 9.67 Å². The smallest absolute Gasteiger partial charge is 0.260 e. The summed E-state index contributed by atoms with van der Waals surface area (Å²) in [7, 11) is 1.82. The van der Waals surface area contributed by atoms with Crippen LogP contribution in [0.15, 0.2) is 6.07 Å². The van der Waals surface area contributed by atoms with E-state index in [1.807, 2.05) is 27.0 Å². The van der Waals surface area contributed by atoms with Gasteiger partial charge in [0.2, 0.25) is 11.8 Å². The first-order valence-corrected chi connectivity index (χ1v) is 10.9. The highest BCUT2D eigenvalue weighted by Crippen LogP contribution is 2.27. The second kappa shape index (κ2) is 9.91. The van der Waals surface area contributed by atoms with Gasteiger partial charge in [-0.15, -0.1) is 5.10 Å². The van der Waals surface area contributed by atoms with Crippen molar-refractivity contribution in [1.29, 1.82) is 0 Å². The Hall–Kier alpha value is -2.64. The lowest BCUT2D eigenvalue weighted by Crippen LogP contribution is -2.44. The normalized spacial score (nSPS) is 14.9. The number of hydrogen-bond acceptors (Lipinski definition) is 5. The Morgan fingerprint density at radius 3 is 2.67 bits per heavy atom. The summed E-state index contributed by atoms with van der Waals surface area (Å²) in [5.74, 6) is 0.474. The van der Waals surface area contributed by atoms with Crippen LogP contribution in [-0.2, 0) is 16.6 Å². The van der Waals surface area contributed by atoms with Crippen LogP contribution in [0.1, 0.15) is 50.3 Å². The molecule has 1 aliphatic rings.